The number of fused-ring (bicyclic) bond motifs is 1. The van der Waals surface area contributed by atoms with Crippen LogP contribution in [0.15, 0.2) is 48.8 Å². The minimum absolute atomic E-state index is 0.232. The highest BCUT2D eigenvalue weighted by Gasteiger charge is 2.40. The second kappa shape index (κ2) is 8.31. The maximum atomic E-state index is 13.9. The van der Waals surface area contributed by atoms with Crippen LogP contribution in [0.4, 0.5) is 0 Å². The number of aromatic amines is 1. The Morgan fingerprint density at radius 2 is 1.82 bits per heavy atom. The van der Waals surface area contributed by atoms with Gasteiger partial charge in [0.25, 0.3) is 5.91 Å². The maximum Gasteiger partial charge on any atom is 0.257 e. The smallest absolute Gasteiger partial charge is 0.257 e. The van der Waals surface area contributed by atoms with Gasteiger partial charge >= 0.3 is 0 Å². The van der Waals surface area contributed by atoms with E-state index in [1.165, 1.54) is 4.80 Å². The Morgan fingerprint density at radius 1 is 1.09 bits per heavy atom. The second-order valence-corrected chi connectivity index (χ2v) is 7.69. The van der Waals surface area contributed by atoms with E-state index in [2.05, 4.69) is 21.1 Å². The quantitative estimate of drug-likeness (QED) is 0.477. The van der Waals surface area contributed by atoms with Crippen molar-refractivity contribution in [2.75, 3.05) is 14.2 Å². The van der Waals surface area contributed by atoms with E-state index >= 15 is 0 Å². The number of nitrogens with zero attached hydrogens (tertiary/aromatic N) is 5. The lowest BCUT2D eigenvalue weighted by Crippen LogP contribution is -2.37. The molecule has 0 saturated carbocycles. The van der Waals surface area contributed by atoms with E-state index in [0.717, 1.165) is 11.0 Å². The van der Waals surface area contributed by atoms with Crippen LogP contribution in [0.1, 0.15) is 35.1 Å². The Kier molecular flexibility index (Phi) is 5.18. The molecule has 0 unspecified atom stereocenters. The van der Waals surface area contributed by atoms with E-state index in [-0.39, 0.29) is 18.0 Å². The van der Waals surface area contributed by atoms with Gasteiger partial charge in [0.1, 0.15) is 17.3 Å². The lowest BCUT2D eigenvalue weighted by molar-refractivity contribution is 0.0695. The average Bonchev–Trinajstić information content (AvgIpc) is 3.61. The molecule has 1 aliphatic heterocycles. The number of nitrogens with one attached hydrogen (secondary N) is 1. The Hall–Kier alpha value is -4.32. The van der Waals surface area contributed by atoms with Gasteiger partial charge in [-0.2, -0.15) is 15.0 Å². The first-order chi connectivity index (χ1) is 16.1. The fourth-order valence-corrected chi connectivity index (χ4v) is 4.28. The van der Waals surface area contributed by atoms with E-state index in [4.69, 9.17) is 20.9 Å². The summed E-state index contributed by atoms with van der Waals surface area (Å²) in [4.78, 5) is 25.2. The Morgan fingerprint density at radius 3 is 2.55 bits per heavy atom. The van der Waals surface area contributed by atoms with Crippen LogP contribution in [-0.2, 0) is 0 Å². The van der Waals surface area contributed by atoms with Crippen LogP contribution in [-0.4, -0.2) is 56.0 Å². The fourth-order valence-electron chi connectivity index (χ4n) is 4.28. The summed E-state index contributed by atoms with van der Waals surface area (Å²) < 4.78 is 10.7. The van der Waals surface area contributed by atoms with Crippen molar-refractivity contribution in [1.82, 2.24) is 29.9 Å². The molecule has 33 heavy (non-hydrogen) atoms. The summed E-state index contributed by atoms with van der Waals surface area (Å²) in [6.07, 6.45) is 10.3. The molecule has 166 valence electrons. The van der Waals surface area contributed by atoms with Crippen LogP contribution in [0.2, 0.25) is 0 Å². The first kappa shape index (κ1) is 20.6. The van der Waals surface area contributed by atoms with Crippen molar-refractivity contribution in [3.8, 4) is 29.5 Å². The molecule has 3 heterocycles. The lowest BCUT2D eigenvalue weighted by Gasteiger charge is -2.27. The number of carbonyl (C=O) groups is 1. The SMILES string of the molecule is C#C[C@@H]1CC[C@@H](c2nc3cc(OC)ccc3[nH]2)N1C(=O)c1cc(OC)ccc1-n1nccn1. The summed E-state index contributed by atoms with van der Waals surface area (Å²) in [5.74, 6) is 4.50. The number of aromatic nitrogens is 5. The van der Waals surface area contributed by atoms with E-state index in [9.17, 15) is 4.79 Å². The third-order valence-corrected chi connectivity index (χ3v) is 5.90. The summed E-state index contributed by atoms with van der Waals surface area (Å²) in [5, 5.41) is 8.39. The van der Waals surface area contributed by atoms with Gasteiger partial charge in [0, 0.05) is 6.07 Å². The number of likely N-dealkylation sites (tertiary alicyclic amines) is 1. The number of H-pyrrole nitrogens is 1. The van der Waals surface area contributed by atoms with E-state index in [1.807, 2.05) is 18.2 Å². The second-order valence-electron chi connectivity index (χ2n) is 7.69. The Balaban J connectivity index is 1.58. The predicted octanol–water partition coefficient (Wildman–Crippen LogP) is 3.14. The molecule has 0 bridgehead atoms. The largest absolute Gasteiger partial charge is 0.497 e. The lowest BCUT2D eigenvalue weighted by atomic mass is 10.1. The summed E-state index contributed by atoms with van der Waals surface area (Å²) in [7, 11) is 3.17. The van der Waals surface area contributed by atoms with Gasteiger partial charge in [0.05, 0.1) is 61.0 Å². The molecule has 0 spiro atoms. The molecule has 1 amide bonds. The van der Waals surface area contributed by atoms with Gasteiger partial charge in [-0.1, -0.05) is 5.92 Å². The number of carbonyl (C=O) groups excluding carboxylic acids is 1. The third kappa shape index (κ3) is 3.55. The molecule has 2 atom stereocenters. The van der Waals surface area contributed by atoms with Crippen LogP contribution >= 0.6 is 0 Å². The van der Waals surface area contributed by atoms with Crippen LogP contribution in [0.5, 0.6) is 11.5 Å². The Labute approximate surface area is 190 Å². The monoisotopic (exact) mass is 442 g/mol. The van der Waals surface area contributed by atoms with Crippen molar-refractivity contribution in [2.45, 2.75) is 24.9 Å². The minimum atomic E-state index is -0.366. The highest BCUT2D eigenvalue weighted by molar-refractivity contribution is 5.99. The van der Waals surface area contributed by atoms with Gasteiger partial charge < -0.3 is 19.4 Å². The highest BCUT2D eigenvalue weighted by atomic mass is 16.5. The van der Waals surface area contributed by atoms with Gasteiger partial charge in [-0.05, 0) is 43.2 Å². The zero-order valence-corrected chi connectivity index (χ0v) is 18.2. The first-order valence-corrected chi connectivity index (χ1v) is 10.5. The maximum absolute atomic E-state index is 13.9. The molecular weight excluding hydrogens is 420 g/mol. The molecule has 1 N–H and O–H groups in total. The third-order valence-electron chi connectivity index (χ3n) is 5.90. The van der Waals surface area contributed by atoms with E-state index in [0.29, 0.717) is 41.4 Å². The normalized spacial score (nSPS) is 17.8. The van der Waals surface area contributed by atoms with E-state index in [1.54, 1.807) is 49.7 Å². The average molecular weight is 442 g/mol. The molecule has 9 heteroatoms. The van der Waals surface area contributed by atoms with Crippen molar-refractivity contribution in [3.05, 3.63) is 60.2 Å². The van der Waals surface area contributed by atoms with Crippen molar-refractivity contribution >= 4 is 16.9 Å². The first-order valence-electron chi connectivity index (χ1n) is 10.5. The van der Waals surface area contributed by atoms with Crippen molar-refractivity contribution in [3.63, 3.8) is 0 Å². The molecule has 9 nitrogen and oxygen atoms in total. The molecule has 0 aliphatic carbocycles. The molecule has 1 fully saturated rings. The summed E-state index contributed by atoms with van der Waals surface area (Å²) in [6, 6.07) is 10.2. The van der Waals surface area contributed by atoms with Crippen LogP contribution in [0, 0.1) is 12.3 Å². The van der Waals surface area contributed by atoms with Crippen molar-refractivity contribution in [2.24, 2.45) is 0 Å². The number of terminal acetylenes is 1. The zero-order valence-electron chi connectivity index (χ0n) is 18.2. The minimum Gasteiger partial charge on any atom is -0.497 e. The van der Waals surface area contributed by atoms with Gasteiger partial charge in [-0.25, -0.2) is 4.98 Å². The predicted molar refractivity (Wildman–Crippen MR) is 121 cm³/mol. The number of benzene rings is 2. The number of rotatable bonds is 5. The summed E-state index contributed by atoms with van der Waals surface area (Å²) in [6.45, 7) is 0. The Bertz CT molecular complexity index is 1350. The van der Waals surface area contributed by atoms with Gasteiger partial charge in [-0.15, -0.1) is 6.42 Å². The molecule has 1 saturated heterocycles. The van der Waals surface area contributed by atoms with Crippen LogP contribution in [0.3, 0.4) is 0 Å². The molecule has 4 aromatic rings. The molecule has 2 aromatic carbocycles. The molecule has 2 aromatic heterocycles. The molecule has 5 rings (SSSR count). The number of hydrogen-bond acceptors (Lipinski definition) is 6. The number of hydrogen-bond donors (Lipinski definition) is 1. The molecule has 1 aliphatic rings. The molecular formula is C24H22N6O3. The number of ether oxygens (including phenoxy) is 2. The number of amides is 1. The number of methoxy groups -OCH3 is 2. The van der Waals surface area contributed by atoms with E-state index < -0.39 is 0 Å². The highest BCUT2D eigenvalue weighted by Crippen LogP contribution is 2.38. The fraction of sp³-hybridized carbons (Fsp3) is 0.250. The zero-order chi connectivity index (χ0) is 22.9. The van der Waals surface area contributed by atoms with Crippen molar-refractivity contribution in [1.29, 1.82) is 0 Å². The number of imidazole rings is 1. The van der Waals surface area contributed by atoms with Gasteiger partial charge in [0.2, 0.25) is 0 Å². The molecule has 0 radical (unpaired) electrons. The van der Waals surface area contributed by atoms with Gasteiger partial charge in [0.15, 0.2) is 0 Å². The van der Waals surface area contributed by atoms with Crippen LogP contribution < -0.4 is 9.47 Å². The topological polar surface area (TPSA) is 98.2 Å². The van der Waals surface area contributed by atoms with Crippen LogP contribution in [0.25, 0.3) is 16.7 Å². The van der Waals surface area contributed by atoms with Gasteiger partial charge in [-0.3, -0.25) is 4.79 Å². The standard InChI is InChI=1S/C24H22N6O3/c1-4-15-5-9-22(23-27-19-8-6-17(33-3)14-20(19)28-23)29(15)24(31)18-13-16(32-2)7-10-21(18)30-25-11-12-26-30/h1,6-8,10-15,22H,5,9H2,2-3H3,(H,27,28)/t15-,22+/m1/s1. The summed E-state index contributed by atoms with van der Waals surface area (Å²) in [5.41, 5.74) is 2.57. The summed E-state index contributed by atoms with van der Waals surface area (Å²) >= 11 is 0. The van der Waals surface area contributed by atoms with Crippen molar-refractivity contribution < 1.29 is 14.3 Å².